The quantitative estimate of drug-likeness (QED) is 0.581. The molecule has 1 unspecified atom stereocenters. The summed E-state index contributed by atoms with van der Waals surface area (Å²) in [6, 6.07) is -0.809. The van der Waals surface area contributed by atoms with Crippen LogP contribution >= 0.6 is 0 Å². The zero-order valence-corrected chi connectivity index (χ0v) is 6.82. The molecule has 0 aliphatic carbocycles. The minimum absolute atomic E-state index is 0.270. The van der Waals surface area contributed by atoms with Crippen molar-refractivity contribution in [1.29, 1.82) is 0 Å². The topological polar surface area (TPSA) is 66.4 Å². The number of carboxylic acid groups (broad SMARTS) is 1. The van der Waals surface area contributed by atoms with Crippen LogP contribution in [0.1, 0.15) is 25.7 Å². The highest BCUT2D eigenvalue weighted by Gasteiger charge is 2.23. The maximum absolute atomic E-state index is 10.6. The van der Waals surface area contributed by atoms with Crippen molar-refractivity contribution < 1.29 is 14.7 Å². The lowest BCUT2D eigenvalue weighted by atomic mass is 10.1. The first kappa shape index (κ1) is 9.19. The number of carbonyl (C=O) groups is 2. The zero-order valence-electron chi connectivity index (χ0n) is 6.82. The SMILES string of the molecule is O=CC1CCCC[C@@H](C(=O)O)N1. The van der Waals surface area contributed by atoms with Crippen LogP contribution in [0.15, 0.2) is 0 Å². The monoisotopic (exact) mass is 171 g/mol. The highest BCUT2D eigenvalue weighted by molar-refractivity contribution is 5.74. The van der Waals surface area contributed by atoms with Crippen LogP contribution in [0.5, 0.6) is 0 Å². The van der Waals surface area contributed by atoms with Crippen molar-refractivity contribution in [3.8, 4) is 0 Å². The minimum atomic E-state index is -0.858. The number of aldehydes is 1. The summed E-state index contributed by atoms with van der Waals surface area (Å²) in [6.07, 6.45) is 3.99. The summed E-state index contributed by atoms with van der Waals surface area (Å²) in [5, 5.41) is 11.5. The Morgan fingerprint density at radius 1 is 1.42 bits per heavy atom. The van der Waals surface area contributed by atoms with E-state index in [1.807, 2.05) is 0 Å². The van der Waals surface area contributed by atoms with Gasteiger partial charge in [-0.05, 0) is 12.8 Å². The van der Waals surface area contributed by atoms with Gasteiger partial charge in [0.2, 0.25) is 0 Å². The Labute approximate surface area is 71.0 Å². The number of hydrogen-bond acceptors (Lipinski definition) is 3. The fourth-order valence-electron chi connectivity index (χ4n) is 1.44. The van der Waals surface area contributed by atoms with Gasteiger partial charge in [-0.1, -0.05) is 12.8 Å². The predicted octanol–water partition coefficient (Wildman–Crippen LogP) is 0.171. The van der Waals surface area contributed by atoms with E-state index in [4.69, 9.17) is 5.11 Å². The molecule has 1 rings (SSSR count). The second-order valence-corrected chi connectivity index (χ2v) is 3.08. The van der Waals surface area contributed by atoms with Gasteiger partial charge in [-0.2, -0.15) is 0 Å². The average Bonchev–Trinajstić information content (AvgIpc) is 2.28. The molecule has 68 valence electrons. The van der Waals surface area contributed by atoms with Crippen molar-refractivity contribution in [3.63, 3.8) is 0 Å². The third kappa shape index (κ3) is 2.30. The highest BCUT2D eigenvalue weighted by Crippen LogP contribution is 2.11. The van der Waals surface area contributed by atoms with E-state index in [1.54, 1.807) is 0 Å². The van der Waals surface area contributed by atoms with Crippen LogP contribution in [-0.2, 0) is 9.59 Å². The van der Waals surface area contributed by atoms with Gasteiger partial charge < -0.3 is 9.90 Å². The van der Waals surface area contributed by atoms with Gasteiger partial charge in [-0.15, -0.1) is 0 Å². The van der Waals surface area contributed by atoms with E-state index < -0.39 is 12.0 Å². The Morgan fingerprint density at radius 2 is 2.08 bits per heavy atom. The van der Waals surface area contributed by atoms with E-state index >= 15 is 0 Å². The molecule has 0 saturated carbocycles. The van der Waals surface area contributed by atoms with E-state index in [-0.39, 0.29) is 6.04 Å². The van der Waals surface area contributed by atoms with Crippen LogP contribution in [0.4, 0.5) is 0 Å². The average molecular weight is 171 g/mol. The fourth-order valence-corrected chi connectivity index (χ4v) is 1.44. The summed E-state index contributed by atoms with van der Waals surface area (Å²) in [4.78, 5) is 21.0. The van der Waals surface area contributed by atoms with Crippen molar-refractivity contribution in [2.45, 2.75) is 37.8 Å². The Balaban J connectivity index is 2.52. The summed E-state index contributed by atoms with van der Waals surface area (Å²) in [5.41, 5.74) is 0. The van der Waals surface area contributed by atoms with Gasteiger partial charge in [0.15, 0.2) is 0 Å². The van der Waals surface area contributed by atoms with Crippen LogP contribution < -0.4 is 5.32 Å². The van der Waals surface area contributed by atoms with Crippen LogP contribution in [0.25, 0.3) is 0 Å². The fraction of sp³-hybridized carbons (Fsp3) is 0.750. The minimum Gasteiger partial charge on any atom is -0.480 e. The molecule has 1 aliphatic rings. The smallest absolute Gasteiger partial charge is 0.320 e. The Morgan fingerprint density at radius 3 is 2.67 bits per heavy atom. The maximum atomic E-state index is 10.6. The Hall–Kier alpha value is -0.900. The molecule has 0 spiro atoms. The lowest BCUT2D eigenvalue weighted by Crippen LogP contribution is -2.42. The summed E-state index contributed by atoms with van der Waals surface area (Å²) in [6.45, 7) is 0. The molecule has 0 amide bonds. The molecule has 1 aliphatic heterocycles. The number of rotatable bonds is 2. The molecule has 4 heteroatoms. The number of aliphatic carboxylic acids is 1. The summed E-state index contributed by atoms with van der Waals surface area (Å²) < 4.78 is 0. The predicted molar refractivity (Wildman–Crippen MR) is 42.9 cm³/mol. The van der Waals surface area contributed by atoms with Crippen molar-refractivity contribution in [2.75, 3.05) is 0 Å². The summed E-state index contributed by atoms with van der Waals surface area (Å²) in [5.74, 6) is -0.858. The zero-order chi connectivity index (χ0) is 8.97. The molecule has 1 heterocycles. The van der Waals surface area contributed by atoms with Crippen molar-refractivity contribution in [1.82, 2.24) is 5.32 Å². The van der Waals surface area contributed by atoms with Gasteiger partial charge in [0.25, 0.3) is 0 Å². The van der Waals surface area contributed by atoms with E-state index in [9.17, 15) is 9.59 Å². The lowest BCUT2D eigenvalue weighted by Gasteiger charge is -2.13. The molecule has 0 radical (unpaired) electrons. The van der Waals surface area contributed by atoms with Gasteiger partial charge in [0, 0.05) is 0 Å². The number of hydrogen-bond donors (Lipinski definition) is 2. The van der Waals surface area contributed by atoms with Gasteiger partial charge in [0.05, 0.1) is 6.04 Å². The van der Waals surface area contributed by atoms with Gasteiger partial charge in [0.1, 0.15) is 12.3 Å². The van der Waals surface area contributed by atoms with Crippen molar-refractivity contribution >= 4 is 12.3 Å². The molecule has 12 heavy (non-hydrogen) atoms. The maximum Gasteiger partial charge on any atom is 0.320 e. The Bertz CT molecular complexity index is 181. The third-order valence-electron chi connectivity index (χ3n) is 2.14. The summed E-state index contributed by atoms with van der Waals surface area (Å²) in [7, 11) is 0. The van der Waals surface area contributed by atoms with Crippen LogP contribution in [0.3, 0.4) is 0 Å². The number of carbonyl (C=O) groups excluding carboxylic acids is 1. The molecule has 0 aromatic heterocycles. The van der Waals surface area contributed by atoms with E-state index in [1.165, 1.54) is 0 Å². The second-order valence-electron chi connectivity index (χ2n) is 3.08. The summed E-state index contributed by atoms with van der Waals surface area (Å²) >= 11 is 0. The van der Waals surface area contributed by atoms with Crippen molar-refractivity contribution in [3.05, 3.63) is 0 Å². The van der Waals surface area contributed by atoms with Crippen molar-refractivity contribution in [2.24, 2.45) is 0 Å². The molecule has 1 saturated heterocycles. The molecule has 1 fully saturated rings. The second kappa shape index (κ2) is 4.21. The standard InChI is InChI=1S/C8H13NO3/c10-5-6-3-1-2-4-7(9-6)8(11)12/h5-7,9H,1-4H2,(H,11,12)/t6?,7-/m0/s1. The molecule has 0 aromatic carbocycles. The first-order chi connectivity index (χ1) is 5.74. The molecular weight excluding hydrogens is 158 g/mol. The third-order valence-corrected chi connectivity index (χ3v) is 2.14. The molecule has 4 nitrogen and oxygen atoms in total. The van der Waals surface area contributed by atoms with Crippen LogP contribution in [0, 0.1) is 0 Å². The van der Waals surface area contributed by atoms with Gasteiger partial charge >= 0.3 is 5.97 Å². The molecular formula is C8H13NO3. The molecule has 2 N–H and O–H groups in total. The first-order valence-corrected chi connectivity index (χ1v) is 4.18. The first-order valence-electron chi connectivity index (χ1n) is 4.18. The van der Waals surface area contributed by atoms with E-state index in [0.717, 1.165) is 25.5 Å². The van der Waals surface area contributed by atoms with Gasteiger partial charge in [-0.3, -0.25) is 10.1 Å². The van der Waals surface area contributed by atoms with Crippen LogP contribution in [0.2, 0.25) is 0 Å². The van der Waals surface area contributed by atoms with E-state index in [0.29, 0.717) is 6.42 Å². The van der Waals surface area contributed by atoms with Crippen LogP contribution in [-0.4, -0.2) is 29.4 Å². The molecule has 2 atom stereocenters. The van der Waals surface area contributed by atoms with Gasteiger partial charge in [-0.25, -0.2) is 0 Å². The van der Waals surface area contributed by atoms with E-state index in [2.05, 4.69) is 5.32 Å². The normalized spacial score (nSPS) is 30.7. The lowest BCUT2D eigenvalue weighted by molar-refractivity contribution is -0.139. The Kier molecular flexibility index (Phi) is 3.22. The highest BCUT2D eigenvalue weighted by atomic mass is 16.4. The number of nitrogens with one attached hydrogen (secondary N) is 1. The largest absolute Gasteiger partial charge is 0.480 e. The molecule has 0 bridgehead atoms. The number of carboxylic acids is 1. The molecule has 0 aromatic rings.